The molecule has 0 heterocycles. The summed E-state index contributed by atoms with van der Waals surface area (Å²) in [4.78, 5) is 23.6. The molecule has 0 saturated heterocycles. The van der Waals surface area contributed by atoms with Crippen molar-refractivity contribution in [2.24, 2.45) is 5.92 Å². The number of anilines is 1. The van der Waals surface area contributed by atoms with Crippen LogP contribution in [0.5, 0.6) is 0 Å². The number of alkyl carbamates (subject to hydrolysis) is 1. The Labute approximate surface area is 123 Å². The Kier molecular flexibility index (Phi) is 6.14. The minimum atomic E-state index is -0.756. The Bertz CT molecular complexity index is 518. The van der Waals surface area contributed by atoms with Gasteiger partial charge in [-0.25, -0.2) is 9.18 Å². The number of rotatable bonds is 5. The first-order chi connectivity index (χ1) is 9.85. The van der Waals surface area contributed by atoms with Crippen LogP contribution in [0.25, 0.3) is 0 Å². The molecule has 0 aromatic heterocycles. The molecule has 1 rings (SSSR count). The minimum Gasteiger partial charge on any atom is -0.450 e. The highest BCUT2D eigenvalue weighted by atomic mass is 19.1. The maximum absolute atomic E-state index is 13.5. The van der Waals surface area contributed by atoms with Crippen LogP contribution in [0.2, 0.25) is 0 Å². The summed E-state index contributed by atoms with van der Waals surface area (Å²) in [6.07, 6.45) is -0.651. The monoisotopic (exact) mass is 296 g/mol. The Hall–Kier alpha value is -2.11. The predicted octanol–water partition coefficient (Wildman–Crippen LogP) is 2.84. The van der Waals surface area contributed by atoms with Gasteiger partial charge in [0, 0.05) is 5.69 Å². The number of carbonyl (C=O) groups is 2. The number of ether oxygens (including phenoxy) is 1. The molecule has 1 aromatic rings. The topological polar surface area (TPSA) is 67.4 Å². The molecule has 0 aliphatic rings. The Morgan fingerprint density at radius 1 is 1.33 bits per heavy atom. The fourth-order valence-electron chi connectivity index (χ4n) is 1.73. The molecule has 1 aromatic carbocycles. The maximum Gasteiger partial charge on any atom is 0.407 e. The van der Waals surface area contributed by atoms with Crippen molar-refractivity contribution < 1.29 is 18.7 Å². The maximum atomic E-state index is 13.5. The average molecular weight is 296 g/mol. The van der Waals surface area contributed by atoms with Gasteiger partial charge in [0.05, 0.1) is 6.61 Å². The molecule has 2 N–H and O–H groups in total. The first-order valence-corrected chi connectivity index (χ1v) is 6.85. The molecule has 0 spiro atoms. The fraction of sp³-hybridized carbons (Fsp3) is 0.467. The van der Waals surface area contributed by atoms with E-state index in [0.29, 0.717) is 11.3 Å². The lowest BCUT2D eigenvalue weighted by molar-refractivity contribution is -0.119. The van der Waals surface area contributed by atoms with Gasteiger partial charge in [0.15, 0.2) is 0 Å². The van der Waals surface area contributed by atoms with Gasteiger partial charge in [0.1, 0.15) is 11.9 Å². The zero-order chi connectivity index (χ0) is 16.0. The molecule has 0 unspecified atom stereocenters. The van der Waals surface area contributed by atoms with E-state index in [-0.39, 0.29) is 12.5 Å². The number of nitrogens with one attached hydrogen (secondary N) is 2. The van der Waals surface area contributed by atoms with Crippen LogP contribution in [0.1, 0.15) is 26.3 Å². The molecular formula is C15H21FN2O3. The third-order valence-corrected chi connectivity index (χ3v) is 2.94. The van der Waals surface area contributed by atoms with E-state index in [1.54, 1.807) is 39.8 Å². The van der Waals surface area contributed by atoms with E-state index in [9.17, 15) is 14.0 Å². The van der Waals surface area contributed by atoms with E-state index >= 15 is 0 Å². The Balaban J connectivity index is 2.76. The van der Waals surface area contributed by atoms with Crippen LogP contribution in [0.4, 0.5) is 14.9 Å². The van der Waals surface area contributed by atoms with Gasteiger partial charge in [-0.3, -0.25) is 4.79 Å². The van der Waals surface area contributed by atoms with Gasteiger partial charge in [0.25, 0.3) is 0 Å². The van der Waals surface area contributed by atoms with Gasteiger partial charge in [0.2, 0.25) is 5.91 Å². The van der Waals surface area contributed by atoms with Crippen LogP contribution in [0, 0.1) is 18.7 Å². The highest BCUT2D eigenvalue weighted by Crippen LogP contribution is 2.15. The molecule has 6 heteroatoms. The summed E-state index contributed by atoms with van der Waals surface area (Å²) in [5, 5.41) is 5.09. The van der Waals surface area contributed by atoms with Crippen LogP contribution in [-0.4, -0.2) is 24.6 Å². The number of benzene rings is 1. The number of hydrogen-bond donors (Lipinski definition) is 2. The smallest absolute Gasteiger partial charge is 0.407 e. The molecule has 0 aliphatic carbocycles. The summed E-state index contributed by atoms with van der Waals surface area (Å²) in [7, 11) is 0. The Morgan fingerprint density at radius 3 is 2.52 bits per heavy atom. The predicted molar refractivity (Wildman–Crippen MR) is 78.6 cm³/mol. The molecule has 0 saturated carbocycles. The normalized spacial score (nSPS) is 11.9. The van der Waals surface area contributed by atoms with E-state index in [1.807, 2.05) is 0 Å². The summed E-state index contributed by atoms with van der Waals surface area (Å²) in [5.41, 5.74) is 0.845. The highest BCUT2D eigenvalue weighted by Gasteiger charge is 2.24. The zero-order valence-corrected chi connectivity index (χ0v) is 12.7. The van der Waals surface area contributed by atoms with Crippen molar-refractivity contribution >= 4 is 17.7 Å². The lowest BCUT2D eigenvalue weighted by Gasteiger charge is -2.21. The summed E-state index contributed by atoms with van der Waals surface area (Å²) in [6, 6.07) is 3.68. The van der Waals surface area contributed by atoms with Crippen molar-refractivity contribution in [3.8, 4) is 0 Å². The van der Waals surface area contributed by atoms with Crippen molar-refractivity contribution in [2.75, 3.05) is 11.9 Å². The first kappa shape index (κ1) is 16.9. The number of hydrogen-bond acceptors (Lipinski definition) is 3. The van der Waals surface area contributed by atoms with E-state index in [2.05, 4.69) is 10.6 Å². The van der Waals surface area contributed by atoms with Gasteiger partial charge in [-0.05, 0) is 37.5 Å². The second-order valence-corrected chi connectivity index (χ2v) is 5.04. The highest BCUT2D eigenvalue weighted by molar-refractivity contribution is 5.96. The third-order valence-electron chi connectivity index (χ3n) is 2.94. The molecule has 5 nitrogen and oxygen atoms in total. The summed E-state index contributed by atoms with van der Waals surface area (Å²) in [6.45, 7) is 7.14. The van der Waals surface area contributed by atoms with Gasteiger partial charge in [-0.15, -0.1) is 0 Å². The van der Waals surface area contributed by atoms with Crippen LogP contribution in [0.3, 0.4) is 0 Å². The molecular weight excluding hydrogens is 275 g/mol. The second kappa shape index (κ2) is 7.61. The van der Waals surface area contributed by atoms with Crippen molar-refractivity contribution in [1.82, 2.24) is 5.32 Å². The third kappa shape index (κ3) is 5.06. The Morgan fingerprint density at radius 2 is 2.00 bits per heavy atom. The summed E-state index contributed by atoms with van der Waals surface area (Å²) < 4.78 is 18.2. The van der Waals surface area contributed by atoms with Crippen LogP contribution in [0.15, 0.2) is 18.2 Å². The van der Waals surface area contributed by atoms with Gasteiger partial charge in [-0.1, -0.05) is 19.9 Å². The summed E-state index contributed by atoms with van der Waals surface area (Å²) in [5.74, 6) is -0.946. The largest absolute Gasteiger partial charge is 0.450 e. The number of halogens is 1. The molecule has 0 fully saturated rings. The first-order valence-electron chi connectivity index (χ1n) is 6.85. The number of amides is 2. The number of carbonyl (C=O) groups excluding carboxylic acids is 2. The van der Waals surface area contributed by atoms with E-state index in [4.69, 9.17) is 4.74 Å². The van der Waals surface area contributed by atoms with Gasteiger partial charge in [-0.2, -0.15) is 0 Å². The second-order valence-electron chi connectivity index (χ2n) is 5.04. The molecule has 116 valence electrons. The molecule has 0 radical (unpaired) electrons. The SMILES string of the molecule is CCOC(=O)N[C@H](C(=O)Nc1ccc(C)c(F)c1)C(C)C. The number of aryl methyl sites for hydroxylation is 1. The van der Waals surface area contributed by atoms with Crippen molar-refractivity contribution in [2.45, 2.75) is 33.7 Å². The standard InChI is InChI=1S/C15H21FN2O3/c1-5-21-15(20)18-13(9(2)3)14(19)17-11-7-6-10(4)12(16)8-11/h6-9,13H,5H2,1-4H3,(H,17,19)(H,18,20)/t13-/m0/s1. The zero-order valence-electron chi connectivity index (χ0n) is 12.7. The quantitative estimate of drug-likeness (QED) is 0.878. The van der Waals surface area contributed by atoms with Gasteiger partial charge >= 0.3 is 6.09 Å². The molecule has 0 bridgehead atoms. The molecule has 21 heavy (non-hydrogen) atoms. The lowest BCUT2D eigenvalue weighted by atomic mass is 10.0. The van der Waals surface area contributed by atoms with E-state index < -0.39 is 23.9 Å². The van der Waals surface area contributed by atoms with E-state index in [1.165, 1.54) is 6.07 Å². The average Bonchev–Trinajstić information content (AvgIpc) is 2.40. The van der Waals surface area contributed by atoms with Crippen molar-refractivity contribution in [3.05, 3.63) is 29.6 Å². The van der Waals surface area contributed by atoms with Crippen LogP contribution in [-0.2, 0) is 9.53 Å². The van der Waals surface area contributed by atoms with E-state index in [0.717, 1.165) is 0 Å². The van der Waals surface area contributed by atoms with Crippen LogP contribution < -0.4 is 10.6 Å². The fourth-order valence-corrected chi connectivity index (χ4v) is 1.73. The van der Waals surface area contributed by atoms with Crippen molar-refractivity contribution in [1.29, 1.82) is 0 Å². The van der Waals surface area contributed by atoms with Crippen molar-refractivity contribution in [3.63, 3.8) is 0 Å². The van der Waals surface area contributed by atoms with Gasteiger partial charge < -0.3 is 15.4 Å². The molecule has 1 atom stereocenters. The summed E-state index contributed by atoms with van der Waals surface area (Å²) >= 11 is 0. The molecule has 2 amide bonds. The molecule has 0 aliphatic heterocycles. The lowest BCUT2D eigenvalue weighted by Crippen LogP contribution is -2.47. The van der Waals surface area contributed by atoms with Crippen LogP contribution >= 0.6 is 0 Å². The minimum absolute atomic E-state index is 0.135.